The summed E-state index contributed by atoms with van der Waals surface area (Å²) >= 11 is 0. The van der Waals surface area contributed by atoms with Gasteiger partial charge >= 0.3 is 0 Å². The summed E-state index contributed by atoms with van der Waals surface area (Å²) < 4.78 is 0. The minimum Gasteiger partial charge on any atom is -0.320 e. The van der Waals surface area contributed by atoms with Crippen LogP contribution in [0.25, 0.3) is 5.57 Å². The summed E-state index contributed by atoms with van der Waals surface area (Å²) in [5.74, 6) is 0.625. The zero-order valence-corrected chi connectivity index (χ0v) is 9.83. The predicted octanol–water partition coefficient (Wildman–Crippen LogP) is 3.36. The second-order valence-electron chi connectivity index (χ2n) is 5.02. The third kappa shape index (κ3) is 1.28. The highest BCUT2D eigenvalue weighted by Gasteiger charge is 2.30. The summed E-state index contributed by atoms with van der Waals surface area (Å²) in [4.78, 5) is 0. The van der Waals surface area contributed by atoms with Crippen molar-refractivity contribution >= 4 is 5.57 Å². The first-order valence-corrected chi connectivity index (χ1v) is 5.95. The molecule has 1 nitrogen and oxygen atoms in total. The number of aryl methyl sites for hydroxylation is 1. The van der Waals surface area contributed by atoms with Crippen molar-refractivity contribution in [3.8, 4) is 0 Å². The van der Waals surface area contributed by atoms with Gasteiger partial charge in [0.15, 0.2) is 0 Å². The maximum Gasteiger partial charge on any atom is 0.0560 e. The van der Waals surface area contributed by atoms with Crippen molar-refractivity contribution in [1.29, 1.82) is 0 Å². The molecule has 0 amide bonds. The van der Waals surface area contributed by atoms with Gasteiger partial charge in [-0.2, -0.15) is 0 Å². The van der Waals surface area contributed by atoms with E-state index in [9.17, 15) is 0 Å². The van der Waals surface area contributed by atoms with Gasteiger partial charge in [0.2, 0.25) is 0 Å². The van der Waals surface area contributed by atoms with Crippen molar-refractivity contribution in [3.63, 3.8) is 0 Å². The quantitative estimate of drug-likeness (QED) is 0.699. The average molecular weight is 211 g/mol. The molecule has 2 aliphatic carbocycles. The number of allylic oxidation sites excluding steroid dienone is 2. The molecule has 2 atom stereocenters. The van der Waals surface area contributed by atoms with Crippen LogP contribution in [0.2, 0.25) is 0 Å². The monoisotopic (exact) mass is 211 g/mol. The van der Waals surface area contributed by atoms with Gasteiger partial charge in [-0.1, -0.05) is 42.8 Å². The van der Waals surface area contributed by atoms with Crippen LogP contribution in [0.1, 0.15) is 36.1 Å². The molecule has 0 bridgehead atoms. The van der Waals surface area contributed by atoms with Gasteiger partial charge in [-0.15, -0.1) is 0 Å². The van der Waals surface area contributed by atoms with E-state index in [0.29, 0.717) is 5.92 Å². The number of benzene rings is 1. The highest BCUT2D eigenvalue weighted by atomic mass is 14.7. The molecule has 2 N–H and O–H groups in total. The molecule has 0 saturated carbocycles. The lowest BCUT2D eigenvalue weighted by atomic mass is 9.91. The van der Waals surface area contributed by atoms with Crippen LogP contribution >= 0.6 is 0 Å². The molecule has 1 aromatic carbocycles. The van der Waals surface area contributed by atoms with Gasteiger partial charge in [0, 0.05) is 0 Å². The minimum absolute atomic E-state index is 0.0869. The summed E-state index contributed by atoms with van der Waals surface area (Å²) in [5.41, 5.74) is 13.0. The molecule has 0 radical (unpaired) electrons. The lowest BCUT2D eigenvalue weighted by Gasteiger charge is -2.16. The van der Waals surface area contributed by atoms with E-state index in [2.05, 4.69) is 44.2 Å². The molecule has 2 aliphatic rings. The zero-order chi connectivity index (χ0) is 11.3. The number of rotatable bonds is 0. The van der Waals surface area contributed by atoms with Crippen LogP contribution in [0.5, 0.6) is 0 Å². The molecule has 2 unspecified atom stereocenters. The first kappa shape index (κ1) is 9.86. The summed E-state index contributed by atoms with van der Waals surface area (Å²) in [6, 6.07) is 6.70. The van der Waals surface area contributed by atoms with Crippen molar-refractivity contribution in [2.45, 2.75) is 26.3 Å². The molecule has 0 saturated heterocycles. The van der Waals surface area contributed by atoms with Crippen molar-refractivity contribution < 1.29 is 0 Å². The lowest BCUT2D eigenvalue weighted by molar-refractivity contribution is 0.720. The van der Waals surface area contributed by atoms with E-state index in [4.69, 9.17) is 5.73 Å². The van der Waals surface area contributed by atoms with Crippen molar-refractivity contribution in [1.82, 2.24) is 0 Å². The van der Waals surface area contributed by atoms with Crippen LogP contribution in [-0.4, -0.2) is 0 Å². The van der Waals surface area contributed by atoms with Crippen LogP contribution in [0, 0.1) is 12.8 Å². The molecule has 82 valence electrons. The average Bonchev–Trinajstić information content (AvgIpc) is 2.53. The predicted molar refractivity (Wildman–Crippen MR) is 67.9 cm³/mol. The molecule has 0 fully saturated rings. The Hall–Kier alpha value is -1.34. The third-order valence-corrected chi connectivity index (χ3v) is 3.64. The van der Waals surface area contributed by atoms with E-state index in [1.807, 2.05) is 0 Å². The Balaban J connectivity index is 2.20. The second-order valence-corrected chi connectivity index (χ2v) is 5.02. The minimum atomic E-state index is 0.0869. The van der Waals surface area contributed by atoms with Gasteiger partial charge < -0.3 is 5.73 Å². The maximum atomic E-state index is 6.32. The maximum absolute atomic E-state index is 6.32. The van der Waals surface area contributed by atoms with Crippen LogP contribution in [0.3, 0.4) is 0 Å². The molecule has 0 heterocycles. The number of nitrogens with two attached hydrogens (primary N) is 1. The summed E-state index contributed by atoms with van der Waals surface area (Å²) in [5, 5.41) is 0. The first-order valence-electron chi connectivity index (χ1n) is 5.95. The van der Waals surface area contributed by atoms with E-state index in [0.717, 1.165) is 6.42 Å². The summed E-state index contributed by atoms with van der Waals surface area (Å²) in [6.07, 6.45) is 5.83. The standard InChI is InChI=1S/C15H17N/c1-9-3-5-11-12-6-4-10(2)8-14(12)15(16)13(11)7-9/h3,5-8,10,15H,4,16H2,1-2H3. The molecule has 0 aromatic heterocycles. The van der Waals surface area contributed by atoms with Crippen LogP contribution in [-0.2, 0) is 0 Å². The van der Waals surface area contributed by atoms with Gasteiger partial charge in [-0.05, 0) is 41.5 Å². The van der Waals surface area contributed by atoms with Gasteiger partial charge in [0.25, 0.3) is 0 Å². The fourth-order valence-corrected chi connectivity index (χ4v) is 2.77. The van der Waals surface area contributed by atoms with E-state index < -0.39 is 0 Å². The van der Waals surface area contributed by atoms with Crippen LogP contribution in [0.15, 0.2) is 35.9 Å². The highest BCUT2D eigenvalue weighted by Crippen LogP contribution is 2.46. The normalized spacial score (nSPS) is 26.9. The van der Waals surface area contributed by atoms with Gasteiger partial charge in [-0.3, -0.25) is 0 Å². The zero-order valence-electron chi connectivity index (χ0n) is 9.83. The van der Waals surface area contributed by atoms with E-state index in [1.54, 1.807) is 0 Å². The van der Waals surface area contributed by atoms with Gasteiger partial charge in [0.05, 0.1) is 6.04 Å². The topological polar surface area (TPSA) is 26.0 Å². The lowest BCUT2D eigenvalue weighted by Crippen LogP contribution is -2.10. The highest BCUT2D eigenvalue weighted by molar-refractivity contribution is 5.88. The van der Waals surface area contributed by atoms with E-state index in [1.165, 1.54) is 27.8 Å². The first-order chi connectivity index (χ1) is 7.66. The van der Waals surface area contributed by atoms with Crippen molar-refractivity contribution in [2.24, 2.45) is 11.7 Å². The molecule has 3 rings (SSSR count). The van der Waals surface area contributed by atoms with E-state index >= 15 is 0 Å². The molecule has 1 aromatic rings. The van der Waals surface area contributed by atoms with Gasteiger partial charge in [-0.25, -0.2) is 0 Å². The van der Waals surface area contributed by atoms with Crippen LogP contribution in [0.4, 0.5) is 0 Å². The molecule has 16 heavy (non-hydrogen) atoms. The Morgan fingerprint density at radius 2 is 2.12 bits per heavy atom. The number of hydrogen-bond acceptors (Lipinski definition) is 1. The fourth-order valence-electron chi connectivity index (χ4n) is 2.77. The molecule has 0 spiro atoms. The Kier molecular flexibility index (Phi) is 2.05. The Morgan fingerprint density at radius 3 is 2.94 bits per heavy atom. The Labute approximate surface area is 96.7 Å². The molecule has 1 heteroatoms. The Bertz CT molecular complexity index is 508. The third-order valence-electron chi connectivity index (χ3n) is 3.64. The second kappa shape index (κ2) is 3.33. The van der Waals surface area contributed by atoms with Gasteiger partial charge in [0.1, 0.15) is 0 Å². The summed E-state index contributed by atoms with van der Waals surface area (Å²) in [6.45, 7) is 4.38. The van der Waals surface area contributed by atoms with E-state index in [-0.39, 0.29) is 6.04 Å². The van der Waals surface area contributed by atoms with Crippen molar-refractivity contribution in [2.75, 3.05) is 0 Å². The molecular formula is C15H17N. The molecular weight excluding hydrogens is 194 g/mol. The largest absolute Gasteiger partial charge is 0.320 e. The SMILES string of the molecule is Cc1ccc2c(c1)C(N)C1=CC(C)CC=C12. The molecule has 0 aliphatic heterocycles. The number of hydrogen-bond donors (Lipinski definition) is 1. The van der Waals surface area contributed by atoms with Crippen LogP contribution < -0.4 is 5.73 Å². The summed E-state index contributed by atoms with van der Waals surface area (Å²) in [7, 11) is 0. The van der Waals surface area contributed by atoms with Crippen molar-refractivity contribution in [3.05, 3.63) is 52.6 Å². The fraction of sp³-hybridized carbons (Fsp3) is 0.333. The number of fused-ring (bicyclic) bond motifs is 3. The smallest absolute Gasteiger partial charge is 0.0560 e. The Morgan fingerprint density at radius 1 is 1.31 bits per heavy atom.